The number of carbonyl (C=O) groups excluding carboxylic acids is 2. The van der Waals surface area contributed by atoms with E-state index in [9.17, 15) is 9.59 Å². The van der Waals surface area contributed by atoms with Crippen LogP contribution in [0.1, 0.15) is 18.4 Å². The Hall–Kier alpha value is -2.54. The van der Waals surface area contributed by atoms with Gasteiger partial charge < -0.3 is 9.64 Å². The number of aromatic nitrogens is 1. The first kappa shape index (κ1) is 17.9. The van der Waals surface area contributed by atoms with Crippen LogP contribution >= 0.6 is 11.8 Å². The fraction of sp³-hybridized carbons (Fsp3) is 0.350. The number of ether oxygens (including phenoxy) is 1. The number of hydrogen-bond acceptors (Lipinski definition) is 6. The molecule has 6 nitrogen and oxygen atoms in total. The van der Waals surface area contributed by atoms with Gasteiger partial charge in [-0.1, -0.05) is 30.0 Å². The van der Waals surface area contributed by atoms with E-state index in [-0.39, 0.29) is 16.4 Å². The molecule has 2 fully saturated rings. The smallest absolute Gasteiger partial charge is 0.286 e. The summed E-state index contributed by atoms with van der Waals surface area (Å²) in [6.45, 7) is 1.62. The quantitative estimate of drug-likeness (QED) is 0.827. The Kier molecular flexibility index (Phi) is 5.29. The number of nitrogens with one attached hydrogen (secondary N) is 1. The van der Waals surface area contributed by atoms with Crippen molar-refractivity contribution in [3.8, 4) is 5.75 Å². The molecule has 0 bridgehead atoms. The van der Waals surface area contributed by atoms with Crippen LogP contribution in [0.2, 0.25) is 0 Å². The fourth-order valence-corrected chi connectivity index (χ4v) is 4.35. The zero-order valence-electron chi connectivity index (χ0n) is 14.8. The predicted molar refractivity (Wildman–Crippen MR) is 105 cm³/mol. The molecule has 1 unspecified atom stereocenters. The maximum atomic E-state index is 11.7. The predicted octanol–water partition coefficient (Wildman–Crippen LogP) is 3.02. The minimum absolute atomic E-state index is 0.207. The monoisotopic (exact) mass is 383 g/mol. The number of thioether (sulfide) groups is 1. The van der Waals surface area contributed by atoms with Crippen LogP contribution in [-0.2, 0) is 11.2 Å². The summed E-state index contributed by atoms with van der Waals surface area (Å²) in [6.07, 6.45) is 4.60. The molecule has 2 aliphatic rings. The first-order valence-electron chi connectivity index (χ1n) is 9.10. The lowest BCUT2D eigenvalue weighted by molar-refractivity contribution is -0.118. The van der Waals surface area contributed by atoms with Gasteiger partial charge in [-0.2, -0.15) is 0 Å². The van der Waals surface area contributed by atoms with Crippen molar-refractivity contribution in [1.29, 1.82) is 0 Å². The number of imide groups is 1. The summed E-state index contributed by atoms with van der Waals surface area (Å²) in [4.78, 5) is 29.7. The van der Waals surface area contributed by atoms with E-state index in [0.29, 0.717) is 19.1 Å². The van der Waals surface area contributed by atoms with Gasteiger partial charge in [0.2, 0.25) is 5.91 Å². The molecule has 27 heavy (non-hydrogen) atoms. The summed E-state index contributed by atoms with van der Waals surface area (Å²) in [5.41, 5.74) is 1.01. The molecule has 4 rings (SSSR count). The Morgan fingerprint density at radius 2 is 2.04 bits per heavy atom. The van der Waals surface area contributed by atoms with Gasteiger partial charge in [0, 0.05) is 12.7 Å². The summed E-state index contributed by atoms with van der Waals surface area (Å²) in [5.74, 6) is 1.60. The molecule has 1 aromatic heterocycles. The van der Waals surface area contributed by atoms with Crippen LogP contribution in [0.25, 0.3) is 0 Å². The number of carbonyl (C=O) groups is 2. The van der Waals surface area contributed by atoms with Gasteiger partial charge >= 0.3 is 0 Å². The molecule has 0 aliphatic carbocycles. The molecule has 0 saturated carbocycles. The van der Waals surface area contributed by atoms with E-state index >= 15 is 0 Å². The van der Waals surface area contributed by atoms with E-state index in [2.05, 4.69) is 15.2 Å². The molecule has 0 spiro atoms. The SMILES string of the molecule is O=C1NC(=O)C(Cc2ccc(OC[C@H]3CCCN3c3ccccn3)cc2)S1. The number of amides is 2. The maximum absolute atomic E-state index is 11.7. The van der Waals surface area contributed by atoms with Gasteiger partial charge in [-0.25, -0.2) is 4.98 Å². The zero-order chi connectivity index (χ0) is 18.6. The average Bonchev–Trinajstić information content (AvgIpc) is 3.28. The molecule has 3 heterocycles. The Labute approximate surface area is 162 Å². The topological polar surface area (TPSA) is 71.5 Å². The molecule has 0 radical (unpaired) electrons. The van der Waals surface area contributed by atoms with Gasteiger partial charge in [-0.3, -0.25) is 14.9 Å². The van der Waals surface area contributed by atoms with Crippen LogP contribution in [0.15, 0.2) is 48.7 Å². The summed E-state index contributed by atoms with van der Waals surface area (Å²) >= 11 is 1.06. The van der Waals surface area contributed by atoms with Crippen molar-refractivity contribution in [3.63, 3.8) is 0 Å². The second-order valence-electron chi connectivity index (χ2n) is 6.72. The Morgan fingerprint density at radius 3 is 2.74 bits per heavy atom. The summed E-state index contributed by atoms with van der Waals surface area (Å²) in [5, 5.41) is 1.72. The van der Waals surface area contributed by atoms with Gasteiger partial charge in [0.25, 0.3) is 5.24 Å². The molecule has 1 N–H and O–H groups in total. The van der Waals surface area contributed by atoms with Crippen LogP contribution in [0, 0.1) is 0 Å². The first-order valence-corrected chi connectivity index (χ1v) is 9.98. The Morgan fingerprint density at radius 1 is 1.19 bits per heavy atom. The molecule has 140 valence electrons. The van der Waals surface area contributed by atoms with Crippen molar-refractivity contribution in [2.45, 2.75) is 30.6 Å². The standard InChI is InChI=1S/C20H21N3O3S/c24-19-17(27-20(25)22-19)12-14-6-8-16(9-7-14)26-13-15-4-3-11-23(15)18-5-1-2-10-21-18/h1-2,5-10,15,17H,3-4,11-13H2,(H,22,24,25)/t15-,17?/m1/s1. The number of hydrogen-bond donors (Lipinski definition) is 1. The van der Waals surface area contributed by atoms with Crippen molar-refractivity contribution >= 4 is 28.7 Å². The molecular weight excluding hydrogens is 362 g/mol. The summed E-state index contributed by atoms with van der Waals surface area (Å²) in [7, 11) is 0. The lowest BCUT2D eigenvalue weighted by Crippen LogP contribution is -2.34. The summed E-state index contributed by atoms with van der Waals surface area (Å²) < 4.78 is 6.00. The Balaban J connectivity index is 1.32. The average molecular weight is 383 g/mol. The van der Waals surface area contributed by atoms with E-state index in [4.69, 9.17) is 4.74 Å². The van der Waals surface area contributed by atoms with Gasteiger partial charge in [0.1, 0.15) is 18.2 Å². The molecule has 7 heteroatoms. The largest absolute Gasteiger partial charge is 0.491 e. The van der Waals surface area contributed by atoms with Crippen LogP contribution in [0.3, 0.4) is 0 Å². The van der Waals surface area contributed by atoms with Gasteiger partial charge in [0.15, 0.2) is 0 Å². The maximum Gasteiger partial charge on any atom is 0.286 e. The lowest BCUT2D eigenvalue weighted by Gasteiger charge is -2.25. The summed E-state index contributed by atoms with van der Waals surface area (Å²) in [6, 6.07) is 14.1. The second kappa shape index (κ2) is 8.00. The highest BCUT2D eigenvalue weighted by Crippen LogP contribution is 2.26. The van der Waals surface area contributed by atoms with Crippen LogP contribution in [0.4, 0.5) is 10.6 Å². The van der Waals surface area contributed by atoms with Crippen LogP contribution in [-0.4, -0.2) is 40.6 Å². The van der Waals surface area contributed by atoms with Crippen molar-refractivity contribution in [2.75, 3.05) is 18.1 Å². The molecule has 2 amide bonds. The lowest BCUT2D eigenvalue weighted by atomic mass is 10.1. The van der Waals surface area contributed by atoms with Crippen molar-refractivity contribution in [2.24, 2.45) is 0 Å². The van der Waals surface area contributed by atoms with E-state index in [0.717, 1.165) is 48.3 Å². The van der Waals surface area contributed by atoms with Crippen LogP contribution < -0.4 is 15.0 Å². The van der Waals surface area contributed by atoms with Crippen LogP contribution in [0.5, 0.6) is 5.75 Å². The third kappa shape index (κ3) is 4.24. The zero-order valence-corrected chi connectivity index (χ0v) is 15.7. The third-order valence-corrected chi connectivity index (χ3v) is 5.86. The highest BCUT2D eigenvalue weighted by Gasteiger charge is 2.31. The number of nitrogens with zero attached hydrogens (tertiary/aromatic N) is 2. The molecule has 2 atom stereocenters. The molecule has 2 aliphatic heterocycles. The minimum Gasteiger partial charge on any atom is -0.491 e. The van der Waals surface area contributed by atoms with E-state index in [1.807, 2.05) is 48.7 Å². The number of benzene rings is 1. The molecular formula is C20H21N3O3S. The highest BCUT2D eigenvalue weighted by atomic mass is 32.2. The van der Waals surface area contributed by atoms with E-state index in [1.54, 1.807) is 0 Å². The van der Waals surface area contributed by atoms with E-state index in [1.165, 1.54) is 0 Å². The van der Waals surface area contributed by atoms with Gasteiger partial charge in [-0.05, 0) is 49.1 Å². The first-order chi connectivity index (χ1) is 13.2. The normalized spacial score (nSPS) is 22.1. The molecule has 2 saturated heterocycles. The van der Waals surface area contributed by atoms with E-state index < -0.39 is 0 Å². The fourth-order valence-electron chi connectivity index (χ4n) is 3.49. The van der Waals surface area contributed by atoms with Crippen molar-refractivity contribution < 1.29 is 14.3 Å². The minimum atomic E-state index is -0.338. The molecule has 2 aromatic rings. The van der Waals surface area contributed by atoms with Gasteiger partial charge in [0.05, 0.1) is 11.3 Å². The number of anilines is 1. The van der Waals surface area contributed by atoms with Crippen molar-refractivity contribution in [1.82, 2.24) is 10.3 Å². The third-order valence-electron chi connectivity index (χ3n) is 4.87. The van der Waals surface area contributed by atoms with Crippen molar-refractivity contribution in [3.05, 3.63) is 54.2 Å². The van der Waals surface area contributed by atoms with Gasteiger partial charge in [-0.15, -0.1) is 0 Å². The number of rotatable bonds is 6. The second-order valence-corrected chi connectivity index (χ2v) is 7.90. The highest BCUT2D eigenvalue weighted by molar-refractivity contribution is 8.15. The Bertz CT molecular complexity index is 813. The molecule has 1 aromatic carbocycles. The number of pyridine rings is 1.